The molecule has 0 N–H and O–H groups in total. The molecule has 2 rings (SSSR count). The van der Waals surface area contributed by atoms with Crippen LogP contribution in [0.4, 0.5) is 4.39 Å². The van der Waals surface area contributed by atoms with Gasteiger partial charge in [0.15, 0.2) is 0 Å². The van der Waals surface area contributed by atoms with Gasteiger partial charge in [-0.1, -0.05) is 12.1 Å². The predicted octanol–water partition coefficient (Wildman–Crippen LogP) is 2.81. The first-order chi connectivity index (χ1) is 8.15. The molecule has 3 nitrogen and oxygen atoms in total. The Morgan fingerprint density at radius 1 is 1.24 bits per heavy atom. The van der Waals surface area contributed by atoms with Crippen molar-refractivity contribution in [3.05, 3.63) is 53.2 Å². The number of halogens is 1. The minimum absolute atomic E-state index is 0.169. The third-order valence-electron chi connectivity index (χ3n) is 2.33. The lowest BCUT2D eigenvalue weighted by molar-refractivity contribution is 0.286. The first kappa shape index (κ1) is 11.5. The van der Waals surface area contributed by atoms with Crippen LogP contribution in [-0.2, 0) is 6.61 Å². The van der Waals surface area contributed by atoms with Crippen LogP contribution in [0.1, 0.15) is 17.0 Å². The molecule has 2 aromatic rings. The molecule has 0 aliphatic rings. The molecule has 0 amide bonds. The summed E-state index contributed by atoms with van der Waals surface area (Å²) in [5, 5.41) is 0. The highest BCUT2D eigenvalue weighted by atomic mass is 19.1. The average Bonchev–Trinajstić information content (AvgIpc) is 2.28. The van der Waals surface area contributed by atoms with E-state index in [1.54, 1.807) is 25.3 Å². The molecule has 4 heteroatoms. The number of aromatic nitrogens is 2. The fourth-order valence-corrected chi connectivity index (χ4v) is 1.44. The van der Waals surface area contributed by atoms with E-state index in [2.05, 4.69) is 9.97 Å². The lowest BCUT2D eigenvalue weighted by Gasteiger charge is -2.07. The minimum Gasteiger partial charge on any atom is -0.473 e. The van der Waals surface area contributed by atoms with Crippen LogP contribution in [0.2, 0.25) is 0 Å². The van der Waals surface area contributed by atoms with Crippen LogP contribution >= 0.6 is 0 Å². The second-order valence-electron chi connectivity index (χ2n) is 3.83. The number of ether oxygens (including phenoxy) is 1. The number of hydrogen-bond donors (Lipinski definition) is 0. The maximum Gasteiger partial charge on any atom is 0.216 e. The van der Waals surface area contributed by atoms with E-state index in [4.69, 9.17) is 4.74 Å². The standard InChI is InChI=1S/C13H13FN2O/c1-9-3-4-11(12(14)7-9)8-17-13-5-6-15-10(2)16-13/h3-7H,8H2,1-2H3. The highest BCUT2D eigenvalue weighted by Crippen LogP contribution is 2.13. The fraction of sp³-hybridized carbons (Fsp3) is 0.231. The van der Waals surface area contributed by atoms with Crippen molar-refractivity contribution in [3.8, 4) is 5.88 Å². The van der Waals surface area contributed by atoms with Crippen molar-refractivity contribution >= 4 is 0 Å². The molecule has 0 saturated heterocycles. The Bertz CT molecular complexity index is 529. The van der Waals surface area contributed by atoms with Gasteiger partial charge in [-0.05, 0) is 25.5 Å². The van der Waals surface area contributed by atoms with E-state index >= 15 is 0 Å². The lowest BCUT2D eigenvalue weighted by atomic mass is 10.1. The molecule has 1 aromatic carbocycles. The Hall–Kier alpha value is -1.97. The van der Waals surface area contributed by atoms with Crippen LogP contribution in [0, 0.1) is 19.7 Å². The van der Waals surface area contributed by atoms with E-state index in [1.165, 1.54) is 6.07 Å². The number of hydrogen-bond acceptors (Lipinski definition) is 3. The van der Waals surface area contributed by atoms with Gasteiger partial charge in [0.25, 0.3) is 0 Å². The van der Waals surface area contributed by atoms with Gasteiger partial charge in [0.1, 0.15) is 18.2 Å². The molecule has 0 unspecified atom stereocenters. The topological polar surface area (TPSA) is 35.0 Å². The van der Waals surface area contributed by atoms with Gasteiger partial charge in [0, 0.05) is 17.8 Å². The Kier molecular flexibility index (Phi) is 3.32. The number of aryl methyl sites for hydroxylation is 2. The van der Waals surface area contributed by atoms with Crippen molar-refractivity contribution in [1.29, 1.82) is 0 Å². The van der Waals surface area contributed by atoms with E-state index < -0.39 is 0 Å². The molecule has 1 aromatic heterocycles. The van der Waals surface area contributed by atoms with Crippen LogP contribution in [-0.4, -0.2) is 9.97 Å². The van der Waals surface area contributed by atoms with Gasteiger partial charge in [0.05, 0.1) is 0 Å². The first-order valence-electron chi connectivity index (χ1n) is 5.32. The highest BCUT2D eigenvalue weighted by Gasteiger charge is 2.04. The third kappa shape index (κ3) is 3.00. The van der Waals surface area contributed by atoms with Crippen LogP contribution in [0.15, 0.2) is 30.5 Å². The molecule has 17 heavy (non-hydrogen) atoms. The molecule has 0 spiro atoms. The van der Waals surface area contributed by atoms with Gasteiger partial charge in [-0.15, -0.1) is 0 Å². The molecule has 1 heterocycles. The van der Waals surface area contributed by atoms with Gasteiger partial charge in [-0.25, -0.2) is 9.37 Å². The van der Waals surface area contributed by atoms with Gasteiger partial charge < -0.3 is 4.74 Å². The smallest absolute Gasteiger partial charge is 0.216 e. The van der Waals surface area contributed by atoms with Gasteiger partial charge in [-0.2, -0.15) is 4.98 Å². The average molecular weight is 232 g/mol. The summed E-state index contributed by atoms with van der Waals surface area (Å²) in [5.74, 6) is 0.833. The molecular formula is C13H13FN2O. The van der Waals surface area contributed by atoms with Crippen molar-refractivity contribution in [2.75, 3.05) is 0 Å². The van der Waals surface area contributed by atoms with Crippen LogP contribution in [0.3, 0.4) is 0 Å². The van der Waals surface area contributed by atoms with E-state index in [-0.39, 0.29) is 12.4 Å². The zero-order chi connectivity index (χ0) is 12.3. The summed E-state index contributed by atoms with van der Waals surface area (Å²) in [7, 11) is 0. The van der Waals surface area contributed by atoms with Gasteiger partial charge >= 0.3 is 0 Å². The highest BCUT2D eigenvalue weighted by molar-refractivity contribution is 5.23. The summed E-state index contributed by atoms with van der Waals surface area (Å²) < 4.78 is 18.9. The monoisotopic (exact) mass is 232 g/mol. The maximum absolute atomic E-state index is 13.5. The van der Waals surface area contributed by atoms with E-state index in [9.17, 15) is 4.39 Å². The molecule has 0 aliphatic heterocycles. The largest absolute Gasteiger partial charge is 0.473 e. The molecule has 88 valence electrons. The summed E-state index contributed by atoms with van der Waals surface area (Å²) in [6, 6.07) is 6.72. The van der Waals surface area contributed by atoms with Crippen molar-refractivity contribution < 1.29 is 9.13 Å². The molecule has 0 atom stereocenters. The summed E-state index contributed by atoms with van der Waals surface area (Å²) in [6.07, 6.45) is 1.61. The Morgan fingerprint density at radius 2 is 2.06 bits per heavy atom. The predicted molar refractivity (Wildman–Crippen MR) is 62.2 cm³/mol. The quantitative estimate of drug-likeness (QED) is 0.816. The summed E-state index contributed by atoms with van der Waals surface area (Å²) >= 11 is 0. The third-order valence-corrected chi connectivity index (χ3v) is 2.33. The lowest BCUT2D eigenvalue weighted by Crippen LogP contribution is -2.01. The van der Waals surface area contributed by atoms with E-state index in [0.29, 0.717) is 17.3 Å². The number of benzene rings is 1. The number of nitrogens with zero attached hydrogens (tertiary/aromatic N) is 2. The Labute approximate surface area is 99.3 Å². The normalized spacial score (nSPS) is 10.3. The van der Waals surface area contributed by atoms with Crippen molar-refractivity contribution in [1.82, 2.24) is 9.97 Å². The van der Waals surface area contributed by atoms with Crippen molar-refractivity contribution in [2.24, 2.45) is 0 Å². The second kappa shape index (κ2) is 4.91. The van der Waals surface area contributed by atoms with E-state index in [1.807, 2.05) is 13.0 Å². The van der Waals surface area contributed by atoms with Gasteiger partial charge in [0.2, 0.25) is 5.88 Å². The fourth-order valence-electron chi connectivity index (χ4n) is 1.44. The minimum atomic E-state index is -0.254. The molecular weight excluding hydrogens is 219 g/mol. The summed E-state index contributed by atoms with van der Waals surface area (Å²) in [5.41, 5.74) is 1.41. The maximum atomic E-state index is 13.5. The second-order valence-corrected chi connectivity index (χ2v) is 3.83. The number of rotatable bonds is 3. The van der Waals surface area contributed by atoms with Gasteiger partial charge in [-0.3, -0.25) is 0 Å². The Morgan fingerprint density at radius 3 is 2.76 bits per heavy atom. The summed E-state index contributed by atoms with van der Waals surface area (Å²) in [4.78, 5) is 8.04. The molecule has 0 saturated carbocycles. The van der Waals surface area contributed by atoms with Crippen LogP contribution in [0.25, 0.3) is 0 Å². The summed E-state index contributed by atoms with van der Waals surface area (Å²) in [6.45, 7) is 3.80. The zero-order valence-electron chi connectivity index (χ0n) is 9.77. The molecule has 0 bridgehead atoms. The van der Waals surface area contributed by atoms with Crippen molar-refractivity contribution in [3.63, 3.8) is 0 Å². The molecule has 0 fully saturated rings. The van der Waals surface area contributed by atoms with Crippen molar-refractivity contribution in [2.45, 2.75) is 20.5 Å². The zero-order valence-corrected chi connectivity index (χ0v) is 9.77. The SMILES string of the molecule is Cc1ccc(COc2ccnc(C)n2)c(F)c1. The molecule has 0 radical (unpaired) electrons. The first-order valence-corrected chi connectivity index (χ1v) is 5.32. The van der Waals surface area contributed by atoms with E-state index in [0.717, 1.165) is 5.56 Å². The van der Waals surface area contributed by atoms with Crippen LogP contribution in [0.5, 0.6) is 5.88 Å². The Balaban J connectivity index is 2.07. The molecule has 0 aliphatic carbocycles. The van der Waals surface area contributed by atoms with Crippen LogP contribution < -0.4 is 4.74 Å².